The first kappa shape index (κ1) is 20.9. The number of aromatic nitrogens is 3. The quantitative estimate of drug-likeness (QED) is 0.618. The van der Waals surface area contributed by atoms with E-state index in [0.29, 0.717) is 24.1 Å². The third-order valence-electron chi connectivity index (χ3n) is 3.97. The summed E-state index contributed by atoms with van der Waals surface area (Å²) in [5, 5.41) is 9.15. The van der Waals surface area contributed by atoms with Crippen LogP contribution in [0.3, 0.4) is 0 Å². The first-order chi connectivity index (χ1) is 13.3. The summed E-state index contributed by atoms with van der Waals surface area (Å²) in [6, 6.07) is 4.28. The van der Waals surface area contributed by atoms with Crippen LogP contribution in [0, 0.1) is 0 Å². The molecule has 0 atom stereocenters. The van der Waals surface area contributed by atoms with Gasteiger partial charge in [0.2, 0.25) is 15.9 Å². The molecule has 13 heteroatoms. The Balaban J connectivity index is 1.71. The van der Waals surface area contributed by atoms with Gasteiger partial charge in [-0.15, -0.1) is 5.10 Å². The van der Waals surface area contributed by atoms with Crippen LogP contribution in [0.25, 0.3) is 0 Å². The Morgan fingerprint density at radius 3 is 2.75 bits per heavy atom. The molecule has 0 spiro atoms. The highest BCUT2D eigenvalue weighted by molar-refractivity contribution is 7.99. The van der Waals surface area contributed by atoms with Gasteiger partial charge in [-0.2, -0.15) is 4.31 Å². The maximum atomic E-state index is 12.8. The number of nitrogens with zero attached hydrogens (tertiary/aromatic N) is 3. The van der Waals surface area contributed by atoms with Gasteiger partial charge in [0, 0.05) is 25.8 Å². The molecule has 0 aliphatic carbocycles. The molecule has 1 aliphatic rings. The summed E-state index contributed by atoms with van der Waals surface area (Å²) in [6.45, 7) is 1.13. The lowest BCUT2D eigenvalue weighted by Crippen LogP contribution is -2.40. The molecule has 28 heavy (non-hydrogen) atoms. The van der Waals surface area contributed by atoms with E-state index < -0.39 is 10.0 Å². The number of carbonyl (C=O) groups is 1. The second-order valence-electron chi connectivity index (χ2n) is 5.87. The predicted molar refractivity (Wildman–Crippen MR) is 104 cm³/mol. The highest BCUT2D eigenvalue weighted by Crippen LogP contribution is 2.28. The van der Waals surface area contributed by atoms with Crippen LogP contribution in [0.15, 0.2) is 33.0 Å². The first-order valence-corrected chi connectivity index (χ1v) is 11.0. The fourth-order valence-corrected chi connectivity index (χ4v) is 5.12. The lowest BCUT2D eigenvalue weighted by atomic mass is 10.3. The van der Waals surface area contributed by atoms with E-state index in [0.717, 1.165) is 11.8 Å². The van der Waals surface area contributed by atoms with Crippen LogP contribution in [0.4, 0.5) is 5.69 Å². The summed E-state index contributed by atoms with van der Waals surface area (Å²) in [5.41, 5.74) is -0.0729. The number of benzene rings is 1. The number of nitrogens with one attached hydrogen (secondary N) is 2. The van der Waals surface area contributed by atoms with Gasteiger partial charge in [0.1, 0.15) is 4.90 Å². The average Bonchev–Trinajstić information content (AvgIpc) is 3.00. The van der Waals surface area contributed by atoms with Crippen molar-refractivity contribution >= 4 is 45.0 Å². The van der Waals surface area contributed by atoms with E-state index in [-0.39, 0.29) is 40.4 Å². The fourth-order valence-electron chi connectivity index (χ4n) is 2.49. The maximum absolute atomic E-state index is 12.8. The minimum absolute atomic E-state index is 0.00763. The van der Waals surface area contributed by atoms with E-state index in [4.69, 9.17) is 16.3 Å². The second kappa shape index (κ2) is 8.66. The van der Waals surface area contributed by atoms with Gasteiger partial charge in [0.15, 0.2) is 5.16 Å². The summed E-state index contributed by atoms with van der Waals surface area (Å²) in [6.07, 6.45) is 0. The third-order valence-corrected chi connectivity index (χ3v) is 7.38. The molecule has 0 radical (unpaired) electrons. The number of rotatable bonds is 6. The molecule has 1 aromatic carbocycles. The Bertz CT molecular complexity index is 1030. The van der Waals surface area contributed by atoms with E-state index >= 15 is 0 Å². The normalized spacial score (nSPS) is 15.5. The second-order valence-corrected chi connectivity index (χ2v) is 9.12. The van der Waals surface area contributed by atoms with E-state index in [1.807, 2.05) is 0 Å². The van der Waals surface area contributed by atoms with Gasteiger partial charge in [0.25, 0.3) is 0 Å². The van der Waals surface area contributed by atoms with Crippen LogP contribution in [0.5, 0.6) is 0 Å². The number of H-pyrrole nitrogens is 1. The van der Waals surface area contributed by atoms with Crippen LogP contribution < -0.4 is 11.0 Å². The van der Waals surface area contributed by atoms with Gasteiger partial charge in [-0.3, -0.25) is 9.36 Å². The standard InChI is InChI=1S/C15H18ClN5O5S2/c1-20-14(23)18-19-15(20)27-9-13(22)17-10-2-3-11(16)12(8-10)28(24,25)21-4-6-26-7-5-21/h2-3,8H,4-7,9H2,1H3,(H,17,22)(H,18,23). The Kier molecular flexibility index (Phi) is 6.45. The van der Waals surface area contributed by atoms with Gasteiger partial charge in [-0.25, -0.2) is 18.3 Å². The van der Waals surface area contributed by atoms with Crippen LogP contribution in [-0.2, 0) is 26.6 Å². The predicted octanol–water partition coefficient (Wildman–Crippen LogP) is 0.513. The molecule has 152 valence electrons. The zero-order valence-electron chi connectivity index (χ0n) is 14.8. The van der Waals surface area contributed by atoms with Crippen molar-refractivity contribution in [3.05, 3.63) is 33.7 Å². The number of ether oxygens (including phenoxy) is 1. The Hall–Kier alpha value is -1.86. The molecular weight excluding hydrogens is 430 g/mol. The summed E-state index contributed by atoms with van der Waals surface area (Å²) < 4.78 is 33.4. The number of aromatic amines is 1. The Labute approximate surface area is 170 Å². The largest absolute Gasteiger partial charge is 0.379 e. The van der Waals surface area contributed by atoms with Crippen molar-refractivity contribution in [2.45, 2.75) is 10.1 Å². The molecule has 1 aliphatic heterocycles. The molecule has 2 aromatic rings. The van der Waals surface area contributed by atoms with Crippen molar-refractivity contribution < 1.29 is 17.9 Å². The minimum Gasteiger partial charge on any atom is -0.379 e. The Morgan fingerprint density at radius 2 is 2.11 bits per heavy atom. The zero-order chi connectivity index (χ0) is 20.3. The number of halogens is 1. The Morgan fingerprint density at radius 1 is 1.39 bits per heavy atom. The lowest BCUT2D eigenvalue weighted by molar-refractivity contribution is -0.113. The number of morpholine rings is 1. The molecule has 0 bridgehead atoms. The fraction of sp³-hybridized carbons (Fsp3) is 0.400. The van der Waals surface area contributed by atoms with E-state index in [1.165, 1.54) is 34.1 Å². The highest BCUT2D eigenvalue weighted by atomic mass is 35.5. The lowest BCUT2D eigenvalue weighted by Gasteiger charge is -2.26. The number of anilines is 1. The molecule has 2 heterocycles. The SMILES string of the molecule is Cn1c(SCC(=O)Nc2ccc(Cl)c(S(=O)(=O)N3CCOCC3)c2)n[nH]c1=O. The summed E-state index contributed by atoms with van der Waals surface area (Å²) in [5.74, 6) is -0.385. The van der Waals surface area contributed by atoms with Crippen LogP contribution in [0.1, 0.15) is 0 Å². The number of amides is 1. The minimum atomic E-state index is -3.80. The van der Waals surface area contributed by atoms with Crippen LogP contribution in [-0.4, -0.2) is 65.5 Å². The molecule has 3 rings (SSSR count). The maximum Gasteiger partial charge on any atom is 0.343 e. The average molecular weight is 448 g/mol. The number of carbonyl (C=O) groups excluding carboxylic acids is 1. The molecule has 1 saturated heterocycles. The number of hydrogen-bond acceptors (Lipinski definition) is 7. The van der Waals surface area contributed by atoms with Crippen molar-refractivity contribution in [3.8, 4) is 0 Å². The van der Waals surface area contributed by atoms with E-state index in [1.54, 1.807) is 0 Å². The van der Waals surface area contributed by atoms with Gasteiger partial charge < -0.3 is 10.1 Å². The van der Waals surface area contributed by atoms with Gasteiger partial charge in [-0.05, 0) is 18.2 Å². The first-order valence-electron chi connectivity index (χ1n) is 8.20. The van der Waals surface area contributed by atoms with E-state index in [2.05, 4.69) is 15.5 Å². The highest BCUT2D eigenvalue weighted by Gasteiger charge is 2.28. The monoisotopic (exact) mass is 447 g/mol. The van der Waals surface area contributed by atoms with Crippen LogP contribution >= 0.6 is 23.4 Å². The van der Waals surface area contributed by atoms with Gasteiger partial charge in [-0.1, -0.05) is 23.4 Å². The zero-order valence-corrected chi connectivity index (χ0v) is 17.2. The molecule has 0 saturated carbocycles. The summed E-state index contributed by atoms with van der Waals surface area (Å²) >= 11 is 7.17. The van der Waals surface area contributed by atoms with Gasteiger partial charge >= 0.3 is 5.69 Å². The topological polar surface area (TPSA) is 126 Å². The number of thioether (sulfide) groups is 1. The molecule has 0 unspecified atom stereocenters. The molecule has 1 amide bonds. The van der Waals surface area contributed by atoms with Crippen LogP contribution in [0.2, 0.25) is 5.02 Å². The summed E-state index contributed by atoms with van der Waals surface area (Å²) in [4.78, 5) is 23.4. The molecule has 2 N–H and O–H groups in total. The third kappa shape index (κ3) is 4.58. The smallest absolute Gasteiger partial charge is 0.343 e. The molecule has 10 nitrogen and oxygen atoms in total. The van der Waals surface area contributed by atoms with Crippen molar-refractivity contribution in [2.75, 3.05) is 37.4 Å². The molecule has 1 aromatic heterocycles. The van der Waals surface area contributed by atoms with Crippen molar-refractivity contribution in [2.24, 2.45) is 7.05 Å². The number of sulfonamides is 1. The number of hydrogen-bond donors (Lipinski definition) is 2. The van der Waals surface area contributed by atoms with Crippen molar-refractivity contribution in [1.82, 2.24) is 19.1 Å². The summed E-state index contributed by atoms with van der Waals surface area (Å²) in [7, 11) is -2.26. The van der Waals surface area contributed by atoms with Gasteiger partial charge in [0.05, 0.1) is 24.0 Å². The van der Waals surface area contributed by atoms with Crippen molar-refractivity contribution in [3.63, 3.8) is 0 Å². The van der Waals surface area contributed by atoms with Crippen molar-refractivity contribution in [1.29, 1.82) is 0 Å². The molecule has 1 fully saturated rings. The molecular formula is C15H18ClN5O5S2. The van der Waals surface area contributed by atoms with E-state index in [9.17, 15) is 18.0 Å².